The monoisotopic (exact) mass is 282 g/mol. The molecular formula is C17H18N2O2. The Kier molecular flexibility index (Phi) is 3.75. The summed E-state index contributed by atoms with van der Waals surface area (Å²) >= 11 is 0. The van der Waals surface area contributed by atoms with E-state index in [1.165, 1.54) is 0 Å². The summed E-state index contributed by atoms with van der Waals surface area (Å²) in [5.74, 6) is -1.40. The SMILES string of the molecule is CC(C)(C)[C@H]1[C@H](C(=O)OCc2ccccc2)C1(C#N)C#N. The third-order valence-corrected chi connectivity index (χ3v) is 3.99. The van der Waals surface area contributed by atoms with Crippen molar-refractivity contribution in [3.63, 3.8) is 0 Å². The van der Waals surface area contributed by atoms with Crippen molar-refractivity contribution in [1.82, 2.24) is 0 Å². The van der Waals surface area contributed by atoms with Gasteiger partial charge in [-0.2, -0.15) is 10.5 Å². The molecule has 0 amide bonds. The Morgan fingerprint density at radius 2 is 1.81 bits per heavy atom. The first-order chi connectivity index (χ1) is 9.86. The van der Waals surface area contributed by atoms with E-state index in [2.05, 4.69) is 0 Å². The molecule has 1 aliphatic carbocycles. The zero-order chi connectivity index (χ0) is 15.7. The van der Waals surface area contributed by atoms with Gasteiger partial charge in [0.15, 0.2) is 5.41 Å². The highest BCUT2D eigenvalue weighted by Gasteiger charge is 2.74. The number of hydrogen-bond donors (Lipinski definition) is 0. The van der Waals surface area contributed by atoms with Gasteiger partial charge in [-0.05, 0) is 11.0 Å². The lowest BCUT2D eigenvalue weighted by Crippen LogP contribution is -2.15. The largest absolute Gasteiger partial charge is 0.461 e. The first kappa shape index (κ1) is 15.1. The number of ether oxygens (including phenoxy) is 1. The number of rotatable bonds is 3. The van der Waals surface area contributed by atoms with Gasteiger partial charge >= 0.3 is 5.97 Å². The van der Waals surface area contributed by atoms with Gasteiger partial charge in [-0.25, -0.2) is 0 Å². The van der Waals surface area contributed by atoms with Crippen LogP contribution in [-0.2, 0) is 16.1 Å². The summed E-state index contributed by atoms with van der Waals surface area (Å²) in [6.45, 7) is 5.97. The maximum atomic E-state index is 12.2. The molecule has 0 unspecified atom stereocenters. The fraction of sp³-hybridized carbons (Fsp3) is 0.471. The topological polar surface area (TPSA) is 73.9 Å². The summed E-state index contributed by atoms with van der Waals surface area (Å²) in [6.07, 6.45) is 0. The van der Waals surface area contributed by atoms with Crippen molar-refractivity contribution in [2.75, 3.05) is 0 Å². The zero-order valence-corrected chi connectivity index (χ0v) is 12.5. The van der Waals surface area contributed by atoms with Crippen molar-refractivity contribution in [1.29, 1.82) is 10.5 Å². The molecule has 108 valence electrons. The van der Waals surface area contributed by atoms with Crippen LogP contribution in [0.3, 0.4) is 0 Å². The van der Waals surface area contributed by atoms with E-state index in [9.17, 15) is 15.3 Å². The Labute approximate surface area is 125 Å². The van der Waals surface area contributed by atoms with Gasteiger partial charge in [0.1, 0.15) is 6.61 Å². The maximum absolute atomic E-state index is 12.2. The lowest BCUT2D eigenvalue weighted by molar-refractivity contribution is -0.147. The molecule has 1 aliphatic rings. The van der Waals surface area contributed by atoms with Crippen molar-refractivity contribution in [2.24, 2.45) is 22.7 Å². The second-order valence-corrected chi connectivity index (χ2v) is 6.51. The molecule has 0 aliphatic heterocycles. The van der Waals surface area contributed by atoms with Crippen LogP contribution in [0.5, 0.6) is 0 Å². The Hall–Kier alpha value is -2.33. The van der Waals surface area contributed by atoms with Crippen LogP contribution in [0.1, 0.15) is 26.3 Å². The van der Waals surface area contributed by atoms with E-state index in [4.69, 9.17) is 4.74 Å². The highest BCUT2D eigenvalue weighted by molar-refractivity contribution is 5.80. The summed E-state index contributed by atoms with van der Waals surface area (Å²) in [4.78, 5) is 12.2. The van der Waals surface area contributed by atoms with Gasteiger partial charge in [0, 0.05) is 5.92 Å². The van der Waals surface area contributed by atoms with Crippen molar-refractivity contribution in [3.05, 3.63) is 35.9 Å². The third kappa shape index (κ3) is 2.62. The molecule has 0 spiro atoms. The molecule has 1 saturated carbocycles. The molecule has 0 heterocycles. The standard InChI is InChI=1S/C17H18N2O2/c1-16(2,3)14-13(17(14,10-18)11-19)15(20)21-9-12-7-5-4-6-8-12/h4-8,13-14H,9H2,1-3H3/t13-,14-/m1/s1. The second kappa shape index (κ2) is 5.22. The van der Waals surface area contributed by atoms with E-state index >= 15 is 0 Å². The predicted octanol–water partition coefficient (Wildman–Crippen LogP) is 3.06. The molecule has 21 heavy (non-hydrogen) atoms. The van der Waals surface area contributed by atoms with Gasteiger partial charge in [-0.15, -0.1) is 0 Å². The molecular weight excluding hydrogens is 264 g/mol. The van der Waals surface area contributed by atoms with E-state index in [1.54, 1.807) is 0 Å². The minimum atomic E-state index is -1.24. The van der Waals surface area contributed by atoms with Crippen LogP contribution in [0.25, 0.3) is 0 Å². The van der Waals surface area contributed by atoms with Crippen molar-refractivity contribution in [2.45, 2.75) is 27.4 Å². The molecule has 0 aromatic heterocycles. The summed E-state index contributed by atoms with van der Waals surface area (Å²) < 4.78 is 5.30. The van der Waals surface area contributed by atoms with Gasteiger partial charge in [0.25, 0.3) is 0 Å². The van der Waals surface area contributed by atoms with E-state index in [0.29, 0.717) is 0 Å². The fourth-order valence-electron chi connectivity index (χ4n) is 3.01. The number of hydrogen-bond acceptors (Lipinski definition) is 4. The Morgan fingerprint density at radius 1 is 1.24 bits per heavy atom. The van der Waals surface area contributed by atoms with Crippen LogP contribution in [-0.4, -0.2) is 5.97 Å². The zero-order valence-electron chi connectivity index (χ0n) is 12.5. The van der Waals surface area contributed by atoms with Crippen molar-refractivity contribution in [3.8, 4) is 12.1 Å². The molecule has 1 aromatic rings. The molecule has 4 heteroatoms. The molecule has 2 atom stereocenters. The van der Waals surface area contributed by atoms with Crippen LogP contribution in [0.4, 0.5) is 0 Å². The molecule has 0 saturated heterocycles. The number of carbonyl (C=O) groups is 1. The number of esters is 1. The van der Waals surface area contributed by atoms with Crippen molar-refractivity contribution < 1.29 is 9.53 Å². The van der Waals surface area contributed by atoms with Gasteiger partial charge in [-0.1, -0.05) is 51.1 Å². The number of carbonyl (C=O) groups excluding carboxylic acids is 1. The fourth-order valence-corrected chi connectivity index (χ4v) is 3.01. The number of nitriles is 2. The quantitative estimate of drug-likeness (QED) is 0.798. The highest BCUT2D eigenvalue weighted by Crippen LogP contribution is 2.65. The Balaban J connectivity index is 2.09. The summed E-state index contributed by atoms with van der Waals surface area (Å²) in [5, 5.41) is 18.6. The lowest BCUT2D eigenvalue weighted by Gasteiger charge is -2.18. The van der Waals surface area contributed by atoms with E-state index in [0.717, 1.165) is 5.56 Å². The molecule has 0 radical (unpaired) electrons. The van der Waals surface area contributed by atoms with Crippen LogP contribution in [0.2, 0.25) is 0 Å². The van der Waals surface area contributed by atoms with E-state index in [-0.39, 0.29) is 17.9 Å². The van der Waals surface area contributed by atoms with Crippen LogP contribution < -0.4 is 0 Å². The normalized spacial score (nSPS) is 22.7. The van der Waals surface area contributed by atoms with Gasteiger partial charge < -0.3 is 4.74 Å². The highest BCUT2D eigenvalue weighted by atomic mass is 16.5. The van der Waals surface area contributed by atoms with Crippen LogP contribution in [0.15, 0.2) is 30.3 Å². The minimum absolute atomic E-state index is 0.167. The lowest BCUT2D eigenvalue weighted by atomic mass is 9.85. The number of nitrogens with zero attached hydrogens (tertiary/aromatic N) is 2. The smallest absolute Gasteiger partial charge is 0.312 e. The Bertz CT molecular complexity index is 603. The van der Waals surface area contributed by atoms with Crippen LogP contribution in [0, 0.1) is 45.3 Å². The van der Waals surface area contributed by atoms with E-state index in [1.807, 2.05) is 63.2 Å². The first-order valence-electron chi connectivity index (χ1n) is 6.90. The molecule has 0 bridgehead atoms. The van der Waals surface area contributed by atoms with Gasteiger partial charge in [-0.3, -0.25) is 4.79 Å². The summed E-state index contributed by atoms with van der Waals surface area (Å²) in [6, 6.07) is 13.4. The maximum Gasteiger partial charge on any atom is 0.312 e. The summed E-state index contributed by atoms with van der Waals surface area (Å²) in [7, 11) is 0. The average molecular weight is 282 g/mol. The van der Waals surface area contributed by atoms with Gasteiger partial charge in [0.2, 0.25) is 0 Å². The average Bonchev–Trinajstić information content (AvgIpc) is 3.16. The van der Waals surface area contributed by atoms with Crippen molar-refractivity contribution >= 4 is 5.97 Å². The number of benzene rings is 1. The third-order valence-electron chi connectivity index (χ3n) is 3.99. The second-order valence-electron chi connectivity index (χ2n) is 6.51. The van der Waals surface area contributed by atoms with E-state index < -0.39 is 17.3 Å². The van der Waals surface area contributed by atoms with Gasteiger partial charge in [0.05, 0.1) is 18.1 Å². The predicted molar refractivity (Wildman–Crippen MR) is 76.3 cm³/mol. The minimum Gasteiger partial charge on any atom is -0.461 e. The molecule has 1 fully saturated rings. The molecule has 2 rings (SSSR count). The molecule has 0 N–H and O–H groups in total. The summed E-state index contributed by atoms with van der Waals surface area (Å²) in [5.41, 5.74) is -0.646. The Morgan fingerprint density at radius 3 is 2.24 bits per heavy atom. The molecule has 1 aromatic carbocycles. The molecule has 4 nitrogen and oxygen atoms in total. The van der Waals surface area contributed by atoms with Crippen LogP contribution >= 0.6 is 0 Å². The first-order valence-corrected chi connectivity index (χ1v) is 6.90.